The normalized spacial score (nSPS) is 12.2. The van der Waals surface area contributed by atoms with Gasteiger partial charge in [0.25, 0.3) is 0 Å². The summed E-state index contributed by atoms with van der Waals surface area (Å²) in [6, 6.07) is 0.174. The van der Waals surface area contributed by atoms with Crippen LogP contribution in [0.15, 0.2) is 12.7 Å². The Morgan fingerprint density at radius 2 is 1.62 bits per heavy atom. The Morgan fingerprint density at radius 1 is 1.00 bits per heavy atom. The van der Waals surface area contributed by atoms with Crippen LogP contribution >= 0.6 is 0 Å². The van der Waals surface area contributed by atoms with Crippen molar-refractivity contribution in [1.29, 1.82) is 0 Å². The van der Waals surface area contributed by atoms with E-state index in [1.165, 1.54) is 51.4 Å². The number of aliphatic carboxylic acids is 1. The highest BCUT2D eigenvalue weighted by Crippen LogP contribution is 2.09. The molecule has 0 saturated heterocycles. The van der Waals surface area contributed by atoms with Crippen LogP contribution in [0, 0.1) is 29.6 Å². The predicted molar refractivity (Wildman–Crippen MR) is 111 cm³/mol. The third kappa shape index (κ3) is 15.8. The van der Waals surface area contributed by atoms with Crippen LogP contribution in [0.25, 0.3) is 0 Å². The van der Waals surface area contributed by atoms with E-state index < -0.39 is 5.97 Å². The molecule has 0 aromatic carbocycles. The summed E-state index contributed by atoms with van der Waals surface area (Å²) >= 11 is 0. The smallest absolute Gasteiger partial charge is 0.304 e. The molecule has 146 valence electrons. The van der Waals surface area contributed by atoms with Crippen molar-refractivity contribution in [2.75, 3.05) is 6.54 Å². The van der Waals surface area contributed by atoms with Gasteiger partial charge in [-0.15, -0.1) is 6.58 Å². The third-order valence-electron chi connectivity index (χ3n) is 4.26. The largest absolute Gasteiger partial charge is 0.481 e. The van der Waals surface area contributed by atoms with Gasteiger partial charge in [0.2, 0.25) is 0 Å². The van der Waals surface area contributed by atoms with Gasteiger partial charge in [-0.05, 0) is 31.2 Å². The van der Waals surface area contributed by atoms with Crippen molar-refractivity contribution >= 4 is 5.97 Å². The number of carboxylic acid groups (broad SMARTS) is 1. The topological polar surface area (TPSA) is 49.3 Å². The first-order valence-electron chi connectivity index (χ1n) is 10.2. The van der Waals surface area contributed by atoms with E-state index in [0.717, 1.165) is 19.4 Å². The Balaban J connectivity index is 4.37. The first-order valence-corrected chi connectivity index (χ1v) is 10.2. The monoisotopic (exact) mass is 359 g/mol. The van der Waals surface area contributed by atoms with E-state index in [0.29, 0.717) is 0 Å². The van der Waals surface area contributed by atoms with Gasteiger partial charge in [-0.2, -0.15) is 0 Å². The Bertz CT molecular complexity index is 490. The van der Waals surface area contributed by atoms with Crippen molar-refractivity contribution in [3.05, 3.63) is 12.7 Å². The molecule has 3 heteroatoms. The van der Waals surface area contributed by atoms with E-state index in [1.807, 2.05) is 0 Å². The van der Waals surface area contributed by atoms with Gasteiger partial charge < -0.3 is 10.4 Å². The molecule has 0 aliphatic rings. The lowest BCUT2D eigenvalue weighted by atomic mass is 10.0. The fourth-order valence-electron chi connectivity index (χ4n) is 2.62. The third-order valence-corrected chi connectivity index (χ3v) is 4.26. The van der Waals surface area contributed by atoms with Gasteiger partial charge in [-0.25, -0.2) is 0 Å². The highest BCUT2D eigenvalue weighted by Gasteiger charge is 2.05. The molecule has 0 amide bonds. The van der Waals surface area contributed by atoms with Gasteiger partial charge in [0.15, 0.2) is 0 Å². The van der Waals surface area contributed by atoms with Gasteiger partial charge in [0.1, 0.15) is 0 Å². The van der Waals surface area contributed by atoms with E-state index in [2.05, 4.69) is 49.4 Å². The van der Waals surface area contributed by atoms with Gasteiger partial charge in [-0.3, -0.25) is 4.79 Å². The molecule has 0 bridgehead atoms. The lowest BCUT2D eigenvalue weighted by Crippen LogP contribution is -2.28. The molecule has 0 rings (SSSR count). The van der Waals surface area contributed by atoms with E-state index in [4.69, 9.17) is 5.11 Å². The van der Waals surface area contributed by atoms with Crippen LogP contribution in [0.2, 0.25) is 0 Å². The second-order valence-corrected chi connectivity index (χ2v) is 6.75. The molecule has 3 nitrogen and oxygen atoms in total. The SMILES string of the molecule is C=C[C@@H](C#CC#C[C@@H](CCCCCCCCC)NCCCC)CC(=O)O. The number of carboxylic acids is 1. The molecule has 0 unspecified atom stereocenters. The van der Waals surface area contributed by atoms with Crippen LogP contribution in [0.3, 0.4) is 0 Å². The number of carbonyl (C=O) groups is 1. The van der Waals surface area contributed by atoms with Crippen molar-refractivity contribution in [3.63, 3.8) is 0 Å². The number of allylic oxidation sites excluding steroid dienone is 1. The van der Waals surface area contributed by atoms with Crippen LogP contribution in [0.1, 0.15) is 84.5 Å². The molecule has 0 aromatic rings. The van der Waals surface area contributed by atoms with Crippen molar-refractivity contribution in [2.24, 2.45) is 5.92 Å². The number of unbranched alkanes of at least 4 members (excludes halogenated alkanes) is 7. The quantitative estimate of drug-likeness (QED) is 0.241. The number of hydrogen-bond acceptors (Lipinski definition) is 2. The molecule has 0 radical (unpaired) electrons. The summed E-state index contributed by atoms with van der Waals surface area (Å²) in [5.74, 6) is 10.6. The summed E-state index contributed by atoms with van der Waals surface area (Å²) in [5, 5.41) is 12.3. The van der Waals surface area contributed by atoms with Crippen LogP contribution < -0.4 is 5.32 Å². The first kappa shape index (κ1) is 24.3. The maximum Gasteiger partial charge on any atom is 0.304 e. The zero-order chi connectivity index (χ0) is 19.5. The Kier molecular flexibility index (Phi) is 16.9. The molecule has 0 saturated carbocycles. The fourth-order valence-corrected chi connectivity index (χ4v) is 2.62. The molecular formula is C23H37NO2. The fraction of sp³-hybridized carbons (Fsp3) is 0.696. The Labute approximate surface area is 161 Å². The average Bonchev–Trinajstić information content (AvgIpc) is 2.62. The predicted octanol–water partition coefficient (Wildman–Crippen LogP) is 5.17. The van der Waals surface area contributed by atoms with Crippen molar-refractivity contribution in [2.45, 2.75) is 90.5 Å². The molecule has 26 heavy (non-hydrogen) atoms. The Hall–Kier alpha value is -1.71. The van der Waals surface area contributed by atoms with Gasteiger partial charge in [0.05, 0.1) is 12.5 Å². The summed E-state index contributed by atoms with van der Waals surface area (Å²) in [4.78, 5) is 10.7. The van der Waals surface area contributed by atoms with Crippen LogP contribution in [-0.2, 0) is 4.79 Å². The number of nitrogens with one attached hydrogen (secondary N) is 1. The van der Waals surface area contributed by atoms with Gasteiger partial charge >= 0.3 is 5.97 Å². The second-order valence-electron chi connectivity index (χ2n) is 6.75. The molecular weight excluding hydrogens is 322 g/mol. The van der Waals surface area contributed by atoms with Gasteiger partial charge in [-0.1, -0.05) is 83.1 Å². The minimum atomic E-state index is -0.866. The standard InChI is InChI=1S/C23H37NO2/c1-4-7-9-10-11-12-13-17-22(24-19-8-5-2)18-15-14-16-21(6-3)20-23(25)26/h6,21-22,24H,3-5,7-13,17,19-20H2,1-2H3,(H,25,26)/t21-,22+/m0/s1. The lowest BCUT2D eigenvalue weighted by molar-refractivity contribution is -0.137. The van der Waals surface area contributed by atoms with E-state index in [-0.39, 0.29) is 18.4 Å². The zero-order valence-corrected chi connectivity index (χ0v) is 16.8. The van der Waals surface area contributed by atoms with Crippen molar-refractivity contribution in [1.82, 2.24) is 5.32 Å². The van der Waals surface area contributed by atoms with E-state index in [9.17, 15) is 4.79 Å². The van der Waals surface area contributed by atoms with Crippen LogP contribution in [-0.4, -0.2) is 23.7 Å². The maximum absolute atomic E-state index is 10.7. The first-order chi connectivity index (χ1) is 12.6. The van der Waals surface area contributed by atoms with Gasteiger partial charge in [0, 0.05) is 5.92 Å². The molecule has 0 aromatic heterocycles. The minimum Gasteiger partial charge on any atom is -0.481 e. The summed E-state index contributed by atoms with van der Waals surface area (Å²) in [5.41, 5.74) is 0. The molecule has 0 heterocycles. The molecule has 0 fully saturated rings. The van der Waals surface area contributed by atoms with Crippen molar-refractivity contribution in [3.8, 4) is 23.7 Å². The lowest BCUT2D eigenvalue weighted by Gasteiger charge is -2.12. The highest BCUT2D eigenvalue weighted by atomic mass is 16.4. The molecule has 0 aliphatic carbocycles. The van der Waals surface area contributed by atoms with Crippen molar-refractivity contribution < 1.29 is 9.90 Å². The molecule has 2 atom stereocenters. The summed E-state index contributed by atoms with van der Waals surface area (Å²) in [6.07, 6.45) is 14.0. The number of hydrogen-bond donors (Lipinski definition) is 2. The maximum atomic E-state index is 10.7. The summed E-state index contributed by atoms with van der Waals surface area (Å²) in [6.45, 7) is 9.03. The average molecular weight is 360 g/mol. The van der Waals surface area contributed by atoms with E-state index >= 15 is 0 Å². The van der Waals surface area contributed by atoms with Crippen LogP contribution in [0.5, 0.6) is 0 Å². The molecule has 0 aliphatic heterocycles. The van der Waals surface area contributed by atoms with E-state index in [1.54, 1.807) is 6.08 Å². The summed E-state index contributed by atoms with van der Waals surface area (Å²) < 4.78 is 0. The molecule has 2 N–H and O–H groups in total. The highest BCUT2D eigenvalue weighted by molar-refractivity contribution is 5.68. The number of rotatable bonds is 15. The molecule has 0 spiro atoms. The Morgan fingerprint density at radius 3 is 2.23 bits per heavy atom. The summed E-state index contributed by atoms with van der Waals surface area (Å²) in [7, 11) is 0. The minimum absolute atomic E-state index is 0.0195. The second kappa shape index (κ2) is 18.1. The zero-order valence-electron chi connectivity index (χ0n) is 16.8. The van der Waals surface area contributed by atoms with Crippen LogP contribution in [0.4, 0.5) is 0 Å².